The van der Waals surface area contributed by atoms with Gasteiger partial charge in [0, 0.05) is 25.0 Å². The molecule has 3 aliphatic rings. The maximum atomic E-state index is 13.1. The zero-order valence-corrected chi connectivity index (χ0v) is 18.1. The summed E-state index contributed by atoms with van der Waals surface area (Å²) >= 11 is 0. The molecule has 3 aliphatic heterocycles. The number of esters is 1. The molecular weight excluding hydrogens is 384 g/mol. The fourth-order valence-electron chi connectivity index (χ4n) is 4.93. The minimum atomic E-state index is -0.575. The van der Waals surface area contributed by atoms with Crippen molar-refractivity contribution in [1.82, 2.24) is 4.90 Å². The molecule has 2 amide bonds. The third kappa shape index (κ3) is 3.77. The summed E-state index contributed by atoms with van der Waals surface area (Å²) in [7, 11) is 0. The predicted molar refractivity (Wildman–Crippen MR) is 111 cm³/mol. The number of anilines is 1. The van der Waals surface area contributed by atoms with Crippen molar-refractivity contribution in [3.63, 3.8) is 0 Å². The molecule has 0 saturated carbocycles. The quantitative estimate of drug-likeness (QED) is 0.708. The van der Waals surface area contributed by atoms with Crippen LogP contribution in [0.2, 0.25) is 0 Å². The minimum Gasteiger partial charge on any atom is -0.479 e. The van der Waals surface area contributed by atoms with Crippen molar-refractivity contribution in [2.24, 2.45) is 5.92 Å². The van der Waals surface area contributed by atoms with Gasteiger partial charge in [-0.15, -0.1) is 0 Å². The summed E-state index contributed by atoms with van der Waals surface area (Å²) in [6, 6.07) is 7.38. The van der Waals surface area contributed by atoms with Crippen LogP contribution < -0.4 is 9.64 Å². The Morgan fingerprint density at radius 1 is 1.20 bits per heavy atom. The zero-order chi connectivity index (χ0) is 21.6. The Kier molecular flexibility index (Phi) is 5.24. The summed E-state index contributed by atoms with van der Waals surface area (Å²) in [5.74, 6) is 0.0510. The lowest BCUT2D eigenvalue weighted by atomic mass is 9.89. The lowest BCUT2D eigenvalue weighted by Crippen LogP contribution is -2.46. The smallest absolute Gasteiger partial charge is 0.311 e. The number of nitrogens with zero attached hydrogens (tertiary/aromatic N) is 2. The highest BCUT2D eigenvalue weighted by molar-refractivity contribution is 6.00. The standard InChI is InChI=1S/C23H30N2O5/c1-14-21(27)24(18-7-5-6-8-19(18)29-14)12-11-20(26)25-15-9-10-17(25)16(13-15)22(28)30-23(2,3)4/h5-8,14-17H,9-13H2,1-4H3/t14-,15-,16-,17-/m0/s1. The van der Waals surface area contributed by atoms with Gasteiger partial charge in [0.2, 0.25) is 5.91 Å². The fourth-order valence-corrected chi connectivity index (χ4v) is 4.93. The normalized spacial score (nSPS) is 27.7. The number of rotatable bonds is 4. The Morgan fingerprint density at radius 2 is 1.93 bits per heavy atom. The predicted octanol–water partition coefficient (Wildman–Crippen LogP) is 2.91. The Morgan fingerprint density at radius 3 is 2.67 bits per heavy atom. The molecule has 1 aromatic rings. The molecule has 0 N–H and O–H groups in total. The first-order valence-electron chi connectivity index (χ1n) is 10.8. The highest BCUT2D eigenvalue weighted by Gasteiger charge is 2.52. The number of ether oxygens (including phenoxy) is 2. The van der Waals surface area contributed by atoms with E-state index in [0.29, 0.717) is 24.4 Å². The number of amides is 2. The van der Waals surface area contributed by atoms with Gasteiger partial charge in [-0.05, 0) is 59.1 Å². The summed E-state index contributed by atoms with van der Waals surface area (Å²) in [6.45, 7) is 7.60. The average molecular weight is 415 g/mol. The summed E-state index contributed by atoms with van der Waals surface area (Å²) < 4.78 is 11.2. The van der Waals surface area contributed by atoms with E-state index in [9.17, 15) is 14.4 Å². The molecule has 0 aromatic heterocycles. The zero-order valence-electron chi connectivity index (χ0n) is 18.1. The molecule has 0 aliphatic carbocycles. The molecule has 7 nitrogen and oxygen atoms in total. The summed E-state index contributed by atoms with van der Waals surface area (Å²) in [4.78, 5) is 41.9. The fraction of sp³-hybridized carbons (Fsp3) is 0.609. The molecular formula is C23H30N2O5. The van der Waals surface area contributed by atoms with Crippen LogP contribution in [0, 0.1) is 5.92 Å². The Bertz CT molecular complexity index is 861. The molecule has 7 heteroatoms. The van der Waals surface area contributed by atoms with Crippen molar-refractivity contribution in [2.75, 3.05) is 11.4 Å². The van der Waals surface area contributed by atoms with Gasteiger partial charge in [0.25, 0.3) is 5.91 Å². The second kappa shape index (κ2) is 7.60. The van der Waals surface area contributed by atoms with E-state index in [1.807, 2.05) is 49.9 Å². The molecule has 4 atom stereocenters. The van der Waals surface area contributed by atoms with Gasteiger partial charge in [-0.2, -0.15) is 0 Å². The van der Waals surface area contributed by atoms with E-state index in [0.717, 1.165) is 12.8 Å². The van der Waals surface area contributed by atoms with Gasteiger partial charge in [-0.1, -0.05) is 12.1 Å². The Hall–Kier alpha value is -2.57. The van der Waals surface area contributed by atoms with Crippen molar-refractivity contribution in [1.29, 1.82) is 0 Å². The molecule has 2 fully saturated rings. The summed E-state index contributed by atoms with van der Waals surface area (Å²) in [5.41, 5.74) is 0.165. The van der Waals surface area contributed by atoms with Crippen molar-refractivity contribution < 1.29 is 23.9 Å². The maximum Gasteiger partial charge on any atom is 0.311 e. The van der Waals surface area contributed by atoms with Gasteiger partial charge in [0.05, 0.1) is 11.6 Å². The number of carbonyl (C=O) groups is 3. The third-order valence-electron chi connectivity index (χ3n) is 6.16. The second-order valence-electron chi connectivity index (χ2n) is 9.44. The van der Waals surface area contributed by atoms with E-state index in [4.69, 9.17) is 9.47 Å². The number of fused-ring (bicyclic) bond motifs is 3. The van der Waals surface area contributed by atoms with Crippen molar-refractivity contribution in [3.8, 4) is 5.75 Å². The van der Waals surface area contributed by atoms with Crippen LogP contribution in [-0.4, -0.2) is 53.0 Å². The van der Waals surface area contributed by atoms with E-state index < -0.39 is 11.7 Å². The van der Waals surface area contributed by atoms with Crippen LogP contribution in [0.5, 0.6) is 5.75 Å². The number of carbonyl (C=O) groups excluding carboxylic acids is 3. The minimum absolute atomic E-state index is 0.00187. The van der Waals surface area contributed by atoms with Gasteiger partial charge in [0.1, 0.15) is 11.4 Å². The van der Waals surface area contributed by atoms with Crippen LogP contribution >= 0.6 is 0 Å². The molecule has 2 saturated heterocycles. The molecule has 1 aromatic carbocycles. The van der Waals surface area contributed by atoms with Gasteiger partial charge >= 0.3 is 5.97 Å². The Balaban J connectivity index is 1.43. The van der Waals surface area contributed by atoms with Crippen LogP contribution in [0.3, 0.4) is 0 Å². The SMILES string of the molecule is C[C@@H]1Oc2ccccc2N(CCC(=O)N2[C@H]3CC[C@H]2[C@@H](C(=O)OC(C)(C)C)C3)C1=O. The van der Waals surface area contributed by atoms with Gasteiger partial charge in [-0.3, -0.25) is 14.4 Å². The van der Waals surface area contributed by atoms with E-state index in [1.165, 1.54) is 0 Å². The second-order valence-corrected chi connectivity index (χ2v) is 9.44. The first-order chi connectivity index (χ1) is 14.2. The molecule has 0 radical (unpaired) electrons. The van der Waals surface area contributed by atoms with Crippen LogP contribution in [0.1, 0.15) is 53.4 Å². The third-order valence-corrected chi connectivity index (χ3v) is 6.16. The largest absolute Gasteiger partial charge is 0.479 e. The first-order valence-corrected chi connectivity index (χ1v) is 10.8. The number of hydrogen-bond acceptors (Lipinski definition) is 5. The number of hydrogen-bond donors (Lipinski definition) is 0. The molecule has 4 rings (SSSR count). The molecule has 0 spiro atoms. The van der Waals surface area contributed by atoms with Crippen LogP contribution in [-0.2, 0) is 19.1 Å². The van der Waals surface area contributed by atoms with Crippen molar-refractivity contribution in [3.05, 3.63) is 24.3 Å². The van der Waals surface area contributed by atoms with E-state index in [2.05, 4.69) is 0 Å². The summed E-state index contributed by atoms with van der Waals surface area (Å²) in [6.07, 6.45) is 2.07. The van der Waals surface area contributed by atoms with Crippen molar-refractivity contribution in [2.45, 2.75) is 77.2 Å². The van der Waals surface area contributed by atoms with Crippen LogP contribution in [0.15, 0.2) is 24.3 Å². The Labute approximate surface area is 177 Å². The van der Waals surface area contributed by atoms with Crippen LogP contribution in [0.4, 0.5) is 5.69 Å². The lowest BCUT2D eigenvalue weighted by Gasteiger charge is -2.33. The van der Waals surface area contributed by atoms with E-state index >= 15 is 0 Å². The monoisotopic (exact) mass is 414 g/mol. The topological polar surface area (TPSA) is 76.2 Å². The average Bonchev–Trinajstić information content (AvgIpc) is 3.25. The van der Waals surface area contributed by atoms with Gasteiger partial charge in [-0.25, -0.2) is 0 Å². The van der Waals surface area contributed by atoms with E-state index in [1.54, 1.807) is 11.8 Å². The molecule has 30 heavy (non-hydrogen) atoms. The van der Waals surface area contributed by atoms with Gasteiger partial charge < -0.3 is 19.3 Å². The highest BCUT2D eigenvalue weighted by atomic mass is 16.6. The maximum absolute atomic E-state index is 13.1. The van der Waals surface area contributed by atoms with E-state index in [-0.39, 0.29) is 42.2 Å². The number of benzene rings is 1. The summed E-state index contributed by atoms with van der Waals surface area (Å²) in [5, 5.41) is 0. The lowest BCUT2D eigenvalue weighted by molar-refractivity contribution is -0.161. The highest BCUT2D eigenvalue weighted by Crippen LogP contribution is 2.43. The molecule has 0 unspecified atom stereocenters. The van der Waals surface area contributed by atoms with Gasteiger partial charge in [0.15, 0.2) is 6.10 Å². The molecule has 162 valence electrons. The van der Waals surface area contributed by atoms with Crippen LogP contribution in [0.25, 0.3) is 0 Å². The van der Waals surface area contributed by atoms with Crippen molar-refractivity contribution >= 4 is 23.5 Å². The molecule has 2 bridgehead atoms. The first kappa shape index (κ1) is 20.7. The molecule has 3 heterocycles. The number of para-hydroxylation sites is 2.